The van der Waals surface area contributed by atoms with Crippen molar-refractivity contribution in [2.75, 3.05) is 11.5 Å². The minimum atomic E-state index is -0.131. The van der Waals surface area contributed by atoms with E-state index in [4.69, 9.17) is 0 Å². The van der Waals surface area contributed by atoms with Gasteiger partial charge in [-0.3, -0.25) is 4.79 Å². The van der Waals surface area contributed by atoms with Gasteiger partial charge in [-0.05, 0) is 38.2 Å². The first-order valence-corrected chi connectivity index (χ1v) is 9.10. The van der Waals surface area contributed by atoms with Crippen molar-refractivity contribution in [3.05, 3.63) is 22.8 Å². The minimum Gasteiger partial charge on any atom is -0.348 e. The Labute approximate surface area is 137 Å². The largest absolute Gasteiger partial charge is 0.348 e. The van der Waals surface area contributed by atoms with Gasteiger partial charge in [-0.25, -0.2) is 4.68 Å². The van der Waals surface area contributed by atoms with Crippen LogP contribution in [0, 0.1) is 13.8 Å². The summed E-state index contributed by atoms with van der Waals surface area (Å²) in [6.07, 6.45) is 2.04. The second-order valence-electron chi connectivity index (χ2n) is 5.34. The Hall–Kier alpha value is -1.48. The molecule has 3 rings (SSSR count). The van der Waals surface area contributed by atoms with E-state index in [0.717, 1.165) is 41.4 Å². The van der Waals surface area contributed by atoms with Crippen LogP contribution in [0.4, 0.5) is 0 Å². The van der Waals surface area contributed by atoms with E-state index < -0.39 is 0 Å². The molecular weight excluding hydrogens is 320 g/mol. The lowest BCUT2D eigenvalue weighted by molar-refractivity contribution is 0.0929. The molecule has 1 aliphatic rings. The molecule has 0 unspecified atom stereocenters. The summed E-state index contributed by atoms with van der Waals surface area (Å²) in [7, 11) is 0. The van der Waals surface area contributed by atoms with Crippen molar-refractivity contribution in [1.29, 1.82) is 0 Å². The maximum absolute atomic E-state index is 12.4. The van der Waals surface area contributed by atoms with Gasteiger partial charge in [-0.2, -0.15) is 20.5 Å². The number of hydrogen-bond donors (Lipinski definition) is 1. The first-order chi connectivity index (χ1) is 10.6. The zero-order valence-corrected chi connectivity index (χ0v) is 14.2. The molecule has 9 heteroatoms. The van der Waals surface area contributed by atoms with Crippen molar-refractivity contribution >= 4 is 29.4 Å². The van der Waals surface area contributed by atoms with Gasteiger partial charge in [0, 0.05) is 6.04 Å². The van der Waals surface area contributed by atoms with E-state index in [1.165, 1.54) is 11.7 Å². The SMILES string of the molecule is Cc1nsnc1Cn1nnc(C(=O)NC2CCSCC2)c1C. The van der Waals surface area contributed by atoms with Crippen LogP contribution in [0.1, 0.15) is 40.4 Å². The highest BCUT2D eigenvalue weighted by Gasteiger charge is 2.21. The van der Waals surface area contributed by atoms with Gasteiger partial charge in [-0.1, -0.05) is 5.21 Å². The molecule has 1 saturated heterocycles. The molecule has 2 aromatic rings. The zero-order valence-electron chi connectivity index (χ0n) is 12.6. The first kappa shape index (κ1) is 15.4. The third-order valence-corrected chi connectivity index (χ3v) is 5.51. The number of nitrogens with one attached hydrogen (secondary N) is 1. The van der Waals surface area contributed by atoms with Crippen molar-refractivity contribution in [3.63, 3.8) is 0 Å². The van der Waals surface area contributed by atoms with Crippen molar-refractivity contribution in [2.24, 2.45) is 0 Å². The van der Waals surface area contributed by atoms with E-state index >= 15 is 0 Å². The smallest absolute Gasteiger partial charge is 0.273 e. The highest BCUT2D eigenvalue weighted by Crippen LogP contribution is 2.17. The second-order valence-corrected chi connectivity index (χ2v) is 7.09. The molecule has 3 heterocycles. The molecular formula is C13H18N6OS2. The molecule has 2 aromatic heterocycles. The molecule has 1 fully saturated rings. The number of amides is 1. The van der Waals surface area contributed by atoms with Crippen molar-refractivity contribution in [2.45, 2.75) is 39.3 Å². The summed E-state index contributed by atoms with van der Waals surface area (Å²) in [5.74, 6) is 2.08. The number of aryl methyl sites for hydroxylation is 1. The molecule has 22 heavy (non-hydrogen) atoms. The fourth-order valence-electron chi connectivity index (χ4n) is 2.35. The quantitative estimate of drug-likeness (QED) is 0.907. The van der Waals surface area contributed by atoms with Crippen LogP contribution in [0.25, 0.3) is 0 Å². The van der Waals surface area contributed by atoms with Crippen LogP contribution in [-0.2, 0) is 6.54 Å². The summed E-state index contributed by atoms with van der Waals surface area (Å²) in [4.78, 5) is 12.4. The molecule has 1 N–H and O–H groups in total. The average Bonchev–Trinajstić information content (AvgIpc) is 3.08. The van der Waals surface area contributed by atoms with Crippen LogP contribution in [0.2, 0.25) is 0 Å². The van der Waals surface area contributed by atoms with Crippen molar-refractivity contribution in [3.8, 4) is 0 Å². The molecule has 0 aliphatic carbocycles. The summed E-state index contributed by atoms with van der Waals surface area (Å²) in [6, 6.07) is 0.253. The lowest BCUT2D eigenvalue weighted by atomic mass is 10.1. The molecule has 1 aliphatic heterocycles. The maximum Gasteiger partial charge on any atom is 0.273 e. The topological polar surface area (TPSA) is 85.6 Å². The summed E-state index contributed by atoms with van der Waals surface area (Å²) in [5, 5.41) is 11.2. The summed E-state index contributed by atoms with van der Waals surface area (Å²) >= 11 is 3.12. The van der Waals surface area contributed by atoms with Crippen LogP contribution in [-0.4, -0.2) is 47.2 Å². The zero-order chi connectivity index (χ0) is 15.5. The van der Waals surface area contributed by atoms with E-state index in [1.54, 1.807) is 4.68 Å². The number of carbonyl (C=O) groups excluding carboxylic acids is 1. The molecule has 0 radical (unpaired) electrons. The maximum atomic E-state index is 12.4. The second kappa shape index (κ2) is 6.74. The minimum absolute atomic E-state index is 0.131. The normalized spacial score (nSPS) is 15.9. The predicted octanol–water partition coefficient (Wildman–Crippen LogP) is 1.42. The Kier molecular flexibility index (Phi) is 4.72. The third kappa shape index (κ3) is 3.30. The molecule has 0 atom stereocenters. The molecule has 7 nitrogen and oxygen atoms in total. The molecule has 0 spiro atoms. The number of thioether (sulfide) groups is 1. The number of nitrogens with zero attached hydrogens (tertiary/aromatic N) is 5. The van der Waals surface area contributed by atoms with Gasteiger partial charge >= 0.3 is 0 Å². The summed E-state index contributed by atoms with van der Waals surface area (Å²) in [6.45, 7) is 4.27. The Balaban J connectivity index is 1.69. The highest BCUT2D eigenvalue weighted by molar-refractivity contribution is 7.99. The van der Waals surface area contributed by atoms with E-state index in [1.807, 2.05) is 25.6 Å². The number of rotatable bonds is 4. The number of carbonyl (C=O) groups is 1. The van der Waals surface area contributed by atoms with Crippen LogP contribution < -0.4 is 5.32 Å². The molecule has 0 aromatic carbocycles. The lowest BCUT2D eigenvalue weighted by Gasteiger charge is -2.22. The van der Waals surface area contributed by atoms with Gasteiger partial charge in [0.2, 0.25) is 0 Å². The van der Waals surface area contributed by atoms with E-state index in [9.17, 15) is 4.79 Å². The van der Waals surface area contributed by atoms with Crippen LogP contribution in [0.15, 0.2) is 0 Å². The monoisotopic (exact) mass is 338 g/mol. The Morgan fingerprint density at radius 3 is 2.77 bits per heavy atom. The van der Waals surface area contributed by atoms with E-state index in [2.05, 4.69) is 24.4 Å². The Morgan fingerprint density at radius 1 is 1.32 bits per heavy atom. The van der Waals surface area contributed by atoms with Gasteiger partial charge in [0.15, 0.2) is 5.69 Å². The number of hydrogen-bond acceptors (Lipinski definition) is 7. The standard InChI is InChI=1S/C13H18N6OS2/c1-8-11(17-22-16-8)7-19-9(2)12(15-18-19)13(20)14-10-3-5-21-6-4-10/h10H,3-7H2,1-2H3,(H,14,20). The third-order valence-electron chi connectivity index (χ3n) is 3.80. The lowest BCUT2D eigenvalue weighted by Crippen LogP contribution is -2.37. The Morgan fingerprint density at radius 2 is 2.09 bits per heavy atom. The van der Waals surface area contributed by atoms with Gasteiger partial charge in [0.25, 0.3) is 5.91 Å². The van der Waals surface area contributed by atoms with Crippen LogP contribution in [0.3, 0.4) is 0 Å². The Bertz CT molecular complexity index is 661. The van der Waals surface area contributed by atoms with Gasteiger partial charge in [-0.15, -0.1) is 5.10 Å². The van der Waals surface area contributed by atoms with Gasteiger partial charge in [0.1, 0.15) is 0 Å². The van der Waals surface area contributed by atoms with Crippen molar-refractivity contribution in [1.82, 2.24) is 29.1 Å². The van der Waals surface area contributed by atoms with E-state index in [0.29, 0.717) is 12.2 Å². The summed E-state index contributed by atoms with van der Waals surface area (Å²) in [5.41, 5.74) is 2.93. The first-order valence-electron chi connectivity index (χ1n) is 7.22. The van der Waals surface area contributed by atoms with Crippen LogP contribution in [0.5, 0.6) is 0 Å². The van der Waals surface area contributed by atoms with Gasteiger partial charge in [0.05, 0.1) is 35.4 Å². The highest BCUT2D eigenvalue weighted by atomic mass is 32.2. The molecule has 0 saturated carbocycles. The fourth-order valence-corrected chi connectivity index (χ4v) is 4.01. The van der Waals surface area contributed by atoms with E-state index in [-0.39, 0.29) is 11.9 Å². The molecule has 0 bridgehead atoms. The molecule has 118 valence electrons. The summed E-state index contributed by atoms with van der Waals surface area (Å²) < 4.78 is 10.1. The van der Waals surface area contributed by atoms with Crippen LogP contribution >= 0.6 is 23.5 Å². The number of aromatic nitrogens is 5. The average molecular weight is 338 g/mol. The van der Waals surface area contributed by atoms with Gasteiger partial charge < -0.3 is 5.32 Å². The predicted molar refractivity (Wildman–Crippen MR) is 86.3 cm³/mol. The fraction of sp³-hybridized carbons (Fsp3) is 0.615. The van der Waals surface area contributed by atoms with Crippen molar-refractivity contribution < 1.29 is 4.79 Å². The molecule has 1 amide bonds.